The van der Waals surface area contributed by atoms with Crippen molar-refractivity contribution in [3.05, 3.63) is 24.3 Å². The topological polar surface area (TPSA) is 47.6 Å². The highest BCUT2D eigenvalue weighted by molar-refractivity contribution is 5.86. The molecule has 1 rings (SSSR count). The van der Waals surface area contributed by atoms with E-state index in [1.807, 2.05) is 18.2 Å². The molecular weight excluding hydrogens is 218 g/mol. The third-order valence-corrected chi connectivity index (χ3v) is 1.97. The lowest BCUT2D eigenvalue weighted by Gasteiger charge is -2.13. The Kier molecular flexibility index (Phi) is 5.33. The van der Waals surface area contributed by atoms with Gasteiger partial charge in [-0.2, -0.15) is 0 Å². The molecule has 1 amide bonds. The molecule has 94 valence electrons. The molecule has 17 heavy (non-hydrogen) atoms. The van der Waals surface area contributed by atoms with Gasteiger partial charge in [0.25, 0.3) is 0 Å². The summed E-state index contributed by atoms with van der Waals surface area (Å²) in [4.78, 5) is 11.3. The maximum atomic E-state index is 11.3. The standard InChI is InChI=1S/C13H19NO3/c1-4-16-13(15)14-11-7-5-6-8-12(11)17-9-10(2)3/h5-8,10H,4,9H2,1-3H3,(H,14,15). The van der Waals surface area contributed by atoms with Gasteiger partial charge in [0, 0.05) is 0 Å². The van der Waals surface area contributed by atoms with Gasteiger partial charge in [-0.3, -0.25) is 5.32 Å². The van der Waals surface area contributed by atoms with E-state index in [1.54, 1.807) is 13.0 Å². The van der Waals surface area contributed by atoms with Gasteiger partial charge in [0.2, 0.25) is 0 Å². The third kappa shape index (κ3) is 4.76. The molecule has 1 aromatic carbocycles. The molecule has 0 unspecified atom stereocenters. The van der Waals surface area contributed by atoms with Crippen LogP contribution < -0.4 is 10.1 Å². The van der Waals surface area contributed by atoms with E-state index in [0.29, 0.717) is 30.6 Å². The van der Waals surface area contributed by atoms with Gasteiger partial charge in [-0.05, 0) is 25.0 Å². The molecule has 0 aromatic heterocycles. The Labute approximate surface area is 102 Å². The normalized spacial score (nSPS) is 10.1. The van der Waals surface area contributed by atoms with E-state index in [1.165, 1.54) is 0 Å². The summed E-state index contributed by atoms with van der Waals surface area (Å²) in [6.07, 6.45) is -0.465. The number of carbonyl (C=O) groups excluding carboxylic acids is 1. The van der Waals surface area contributed by atoms with Crippen LogP contribution in [0.4, 0.5) is 10.5 Å². The van der Waals surface area contributed by atoms with Crippen LogP contribution >= 0.6 is 0 Å². The van der Waals surface area contributed by atoms with Crippen LogP contribution in [0, 0.1) is 5.92 Å². The highest BCUT2D eigenvalue weighted by Gasteiger charge is 2.08. The van der Waals surface area contributed by atoms with Crippen molar-refractivity contribution < 1.29 is 14.3 Å². The van der Waals surface area contributed by atoms with Crippen LogP contribution in [-0.4, -0.2) is 19.3 Å². The molecule has 0 saturated carbocycles. The molecule has 4 nitrogen and oxygen atoms in total. The van der Waals surface area contributed by atoms with Crippen molar-refractivity contribution in [1.29, 1.82) is 0 Å². The average Bonchev–Trinajstić information content (AvgIpc) is 2.28. The molecular formula is C13H19NO3. The van der Waals surface area contributed by atoms with Crippen molar-refractivity contribution in [3.8, 4) is 5.75 Å². The molecule has 0 saturated heterocycles. The number of para-hydroxylation sites is 2. The van der Waals surface area contributed by atoms with E-state index >= 15 is 0 Å². The maximum absolute atomic E-state index is 11.3. The summed E-state index contributed by atoms with van der Waals surface area (Å²) in [7, 11) is 0. The fourth-order valence-electron chi connectivity index (χ4n) is 1.23. The highest BCUT2D eigenvalue weighted by atomic mass is 16.5. The Morgan fingerprint density at radius 1 is 1.35 bits per heavy atom. The number of amides is 1. The zero-order chi connectivity index (χ0) is 12.7. The smallest absolute Gasteiger partial charge is 0.411 e. The third-order valence-electron chi connectivity index (χ3n) is 1.97. The quantitative estimate of drug-likeness (QED) is 0.854. The molecule has 0 aliphatic carbocycles. The first-order chi connectivity index (χ1) is 8.13. The van der Waals surface area contributed by atoms with E-state index in [0.717, 1.165) is 0 Å². The van der Waals surface area contributed by atoms with Gasteiger partial charge in [0.15, 0.2) is 0 Å². The largest absolute Gasteiger partial charge is 0.491 e. The zero-order valence-corrected chi connectivity index (χ0v) is 10.5. The van der Waals surface area contributed by atoms with Crippen LogP contribution in [0.25, 0.3) is 0 Å². The Bertz CT molecular complexity index is 363. The average molecular weight is 237 g/mol. The summed E-state index contributed by atoms with van der Waals surface area (Å²) < 4.78 is 10.4. The number of carbonyl (C=O) groups is 1. The number of rotatable bonds is 5. The maximum Gasteiger partial charge on any atom is 0.411 e. The summed E-state index contributed by atoms with van der Waals surface area (Å²) in [6, 6.07) is 7.31. The number of hydrogen-bond acceptors (Lipinski definition) is 3. The number of nitrogens with one attached hydrogen (secondary N) is 1. The number of ether oxygens (including phenoxy) is 2. The van der Waals surface area contributed by atoms with E-state index in [9.17, 15) is 4.79 Å². The minimum Gasteiger partial charge on any atom is -0.491 e. The molecule has 1 N–H and O–H groups in total. The molecule has 0 radical (unpaired) electrons. The molecule has 0 aliphatic rings. The zero-order valence-electron chi connectivity index (χ0n) is 10.5. The van der Waals surface area contributed by atoms with Crippen molar-refractivity contribution in [2.45, 2.75) is 20.8 Å². The first kappa shape index (κ1) is 13.4. The van der Waals surface area contributed by atoms with Gasteiger partial charge in [-0.25, -0.2) is 4.79 Å². The molecule has 4 heteroatoms. The molecule has 0 heterocycles. The monoisotopic (exact) mass is 237 g/mol. The van der Waals surface area contributed by atoms with E-state index in [-0.39, 0.29) is 0 Å². The summed E-state index contributed by atoms with van der Waals surface area (Å²) in [5.41, 5.74) is 0.631. The van der Waals surface area contributed by atoms with Gasteiger partial charge in [0.05, 0.1) is 18.9 Å². The van der Waals surface area contributed by atoms with E-state index < -0.39 is 6.09 Å². The van der Waals surface area contributed by atoms with Crippen LogP contribution in [0.1, 0.15) is 20.8 Å². The van der Waals surface area contributed by atoms with Crippen LogP contribution in [0.15, 0.2) is 24.3 Å². The summed E-state index contributed by atoms with van der Waals surface area (Å²) in [6.45, 7) is 6.87. The Balaban J connectivity index is 2.67. The van der Waals surface area contributed by atoms with Crippen LogP contribution in [-0.2, 0) is 4.74 Å². The first-order valence-electron chi connectivity index (χ1n) is 5.79. The van der Waals surface area contributed by atoms with Crippen molar-refractivity contribution >= 4 is 11.8 Å². The van der Waals surface area contributed by atoms with Gasteiger partial charge >= 0.3 is 6.09 Å². The minimum atomic E-state index is -0.465. The van der Waals surface area contributed by atoms with Crippen molar-refractivity contribution in [2.24, 2.45) is 5.92 Å². The SMILES string of the molecule is CCOC(=O)Nc1ccccc1OCC(C)C. The summed E-state index contributed by atoms with van der Waals surface area (Å²) in [5.74, 6) is 1.10. The second kappa shape index (κ2) is 6.78. The Morgan fingerprint density at radius 3 is 2.71 bits per heavy atom. The molecule has 1 aromatic rings. The van der Waals surface area contributed by atoms with Crippen molar-refractivity contribution in [1.82, 2.24) is 0 Å². The lowest BCUT2D eigenvalue weighted by atomic mass is 10.2. The number of anilines is 1. The van der Waals surface area contributed by atoms with Crippen LogP contribution in [0.2, 0.25) is 0 Å². The van der Waals surface area contributed by atoms with Crippen LogP contribution in [0.3, 0.4) is 0 Å². The second-order valence-electron chi connectivity index (χ2n) is 4.05. The second-order valence-corrected chi connectivity index (χ2v) is 4.05. The fourth-order valence-corrected chi connectivity index (χ4v) is 1.23. The molecule has 0 spiro atoms. The van der Waals surface area contributed by atoms with Gasteiger partial charge in [-0.1, -0.05) is 26.0 Å². The lowest BCUT2D eigenvalue weighted by Crippen LogP contribution is -2.14. The van der Waals surface area contributed by atoms with E-state index in [4.69, 9.17) is 9.47 Å². The predicted molar refractivity (Wildman–Crippen MR) is 67.4 cm³/mol. The van der Waals surface area contributed by atoms with Gasteiger partial charge in [0.1, 0.15) is 5.75 Å². The predicted octanol–water partition coefficient (Wildman–Crippen LogP) is 3.29. The van der Waals surface area contributed by atoms with Crippen LogP contribution in [0.5, 0.6) is 5.75 Å². The first-order valence-corrected chi connectivity index (χ1v) is 5.79. The molecule has 0 fully saturated rings. The highest BCUT2D eigenvalue weighted by Crippen LogP contribution is 2.24. The summed E-state index contributed by atoms with van der Waals surface area (Å²) in [5, 5.41) is 2.65. The fraction of sp³-hybridized carbons (Fsp3) is 0.462. The number of benzene rings is 1. The Hall–Kier alpha value is -1.71. The van der Waals surface area contributed by atoms with Gasteiger partial charge in [-0.15, -0.1) is 0 Å². The summed E-state index contributed by atoms with van der Waals surface area (Å²) >= 11 is 0. The van der Waals surface area contributed by atoms with E-state index in [2.05, 4.69) is 19.2 Å². The minimum absolute atomic E-state index is 0.348. The molecule has 0 atom stereocenters. The lowest BCUT2D eigenvalue weighted by molar-refractivity contribution is 0.167. The number of hydrogen-bond donors (Lipinski definition) is 1. The molecule has 0 bridgehead atoms. The molecule has 0 aliphatic heterocycles. The van der Waals surface area contributed by atoms with Crippen molar-refractivity contribution in [3.63, 3.8) is 0 Å². The Morgan fingerprint density at radius 2 is 2.06 bits per heavy atom. The van der Waals surface area contributed by atoms with Crippen molar-refractivity contribution in [2.75, 3.05) is 18.5 Å². The van der Waals surface area contributed by atoms with Gasteiger partial charge < -0.3 is 9.47 Å².